The minimum absolute atomic E-state index is 0. The summed E-state index contributed by atoms with van der Waals surface area (Å²) >= 11 is -2.27. The zero-order valence-corrected chi connectivity index (χ0v) is 8.17. The van der Waals surface area contributed by atoms with E-state index >= 15 is 0 Å². The molecule has 0 aliphatic rings. The van der Waals surface area contributed by atoms with Crippen molar-refractivity contribution in [3.63, 3.8) is 0 Å². The van der Waals surface area contributed by atoms with Crippen molar-refractivity contribution in [3.8, 4) is 0 Å². The van der Waals surface area contributed by atoms with Gasteiger partial charge in [0, 0.05) is 48.4 Å². The molecule has 0 heterocycles. The van der Waals surface area contributed by atoms with Gasteiger partial charge >= 0.3 is 27.3 Å². The fraction of sp³-hybridized carbons (Fsp3) is 0. The Morgan fingerprint density at radius 2 is 1.20 bits per heavy atom. The fourth-order valence-electron chi connectivity index (χ4n) is 0. The predicted octanol–water partition coefficient (Wildman–Crippen LogP) is -1.38. The first-order valence-corrected chi connectivity index (χ1v) is 2.74. The van der Waals surface area contributed by atoms with Crippen LogP contribution in [0, 0.1) is 0 Å². The van der Waals surface area contributed by atoms with Crippen LogP contribution in [0.4, 0.5) is 0 Å². The maximum atomic E-state index is 8.54. The summed E-state index contributed by atoms with van der Waals surface area (Å²) in [5.74, 6) is 0. The van der Waals surface area contributed by atoms with E-state index in [4.69, 9.17) is 6.15 Å². The average Bonchev–Trinajstić information content (AvgIpc) is 0.918. The summed E-state index contributed by atoms with van der Waals surface area (Å²) < 4.78 is 17.1. The van der Waals surface area contributed by atoms with Crippen LogP contribution in [-0.2, 0) is 6.15 Å². The molecule has 0 rings (SSSR count). The monoisotopic (exact) mass is 182 g/mol. The molecule has 18 valence electrons. The zero-order chi connectivity index (χ0) is 2.71. The van der Waals surface area contributed by atoms with Crippen LogP contribution in [0.2, 0.25) is 0 Å². The second kappa shape index (κ2) is 16.7. The SMILES string of the molecule is [Li].[Na].[O]=[Sn]=[O]. The summed E-state index contributed by atoms with van der Waals surface area (Å²) in [6.07, 6.45) is 0. The summed E-state index contributed by atoms with van der Waals surface area (Å²) in [7, 11) is 0. The van der Waals surface area contributed by atoms with Gasteiger partial charge in [-0.2, -0.15) is 0 Å². The normalized spacial score (nSPS) is 1.60. The van der Waals surface area contributed by atoms with E-state index in [1.54, 1.807) is 0 Å². The Hall–Kier alpha value is 2.00. The van der Waals surface area contributed by atoms with Gasteiger partial charge in [0.15, 0.2) is 0 Å². The molecule has 0 aromatic heterocycles. The summed E-state index contributed by atoms with van der Waals surface area (Å²) in [5, 5.41) is 0. The molecule has 0 aliphatic heterocycles. The Bertz CT molecular complexity index is 30.6. The maximum absolute atomic E-state index is 8.54. The van der Waals surface area contributed by atoms with Crippen molar-refractivity contribution in [1.82, 2.24) is 0 Å². The molecule has 0 saturated carbocycles. The summed E-state index contributed by atoms with van der Waals surface area (Å²) in [5.41, 5.74) is 0. The topological polar surface area (TPSA) is 34.1 Å². The van der Waals surface area contributed by atoms with E-state index in [-0.39, 0.29) is 48.4 Å². The van der Waals surface area contributed by atoms with Crippen molar-refractivity contribution in [2.24, 2.45) is 0 Å². The second-order valence-electron chi connectivity index (χ2n) is 0.0833. The van der Waals surface area contributed by atoms with Crippen LogP contribution >= 0.6 is 0 Å². The van der Waals surface area contributed by atoms with Crippen molar-refractivity contribution < 1.29 is 6.15 Å². The van der Waals surface area contributed by atoms with Crippen LogP contribution in [0.15, 0.2) is 0 Å². The van der Waals surface area contributed by atoms with Gasteiger partial charge in [-0.3, -0.25) is 0 Å². The van der Waals surface area contributed by atoms with Crippen LogP contribution < -0.4 is 0 Å². The molecule has 0 aliphatic carbocycles. The molecule has 2 nitrogen and oxygen atoms in total. The van der Waals surface area contributed by atoms with Crippen LogP contribution in [0.1, 0.15) is 0 Å². The molecule has 0 spiro atoms. The van der Waals surface area contributed by atoms with E-state index < -0.39 is 21.1 Å². The van der Waals surface area contributed by atoms with Crippen molar-refractivity contribution in [2.75, 3.05) is 0 Å². The number of hydrogen-bond acceptors (Lipinski definition) is 2. The standard InChI is InChI=1S/Li.Na.2O.Sn. The molecule has 0 saturated heterocycles. The van der Waals surface area contributed by atoms with Gasteiger partial charge in [-0.1, -0.05) is 0 Å². The molecule has 0 aromatic carbocycles. The molecular formula is LiNaO2Sn. The molecule has 0 aromatic rings. The Labute approximate surface area is 74.5 Å². The number of hydrogen-bond donors (Lipinski definition) is 0. The van der Waals surface area contributed by atoms with Crippen molar-refractivity contribution in [3.05, 3.63) is 0 Å². The van der Waals surface area contributed by atoms with Gasteiger partial charge < -0.3 is 0 Å². The van der Waals surface area contributed by atoms with Gasteiger partial charge in [0.2, 0.25) is 0 Å². The Morgan fingerprint density at radius 1 is 1.20 bits per heavy atom. The van der Waals surface area contributed by atoms with Crippen LogP contribution in [0.5, 0.6) is 0 Å². The Balaban J connectivity index is -0.0000000200. The van der Waals surface area contributed by atoms with Gasteiger partial charge in [-0.25, -0.2) is 0 Å². The number of rotatable bonds is 0. The van der Waals surface area contributed by atoms with Gasteiger partial charge in [0.1, 0.15) is 0 Å². The van der Waals surface area contributed by atoms with E-state index in [9.17, 15) is 0 Å². The van der Waals surface area contributed by atoms with Gasteiger partial charge in [-0.05, 0) is 0 Å². The molecule has 2 radical (unpaired) electrons. The minimum atomic E-state index is -2.27. The van der Waals surface area contributed by atoms with Crippen LogP contribution in [-0.4, -0.2) is 69.5 Å². The molecule has 0 bridgehead atoms. The first kappa shape index (κ1) is 15.8. The molecule has 0 atom stereocenters. The Kier molecular flexibility index (Phi) is 52.5. The van der Waals surface area contributed by atoms with Crippen LogP contribution in [0.3, 0.4) is 0 Å². The van der Waals surface area contributed by atoms with Gasteiger partial charge in [0.05, 0.1) is 0 Å². The third-order valence-electron chi connectivity index (χ3n) is 0. The molecule has 5 heavy (non-hydrogen) atoms. The fourth-order valence-corrected chi connectivity index (χ4v) is 0. The van der Waals surface area contributed by atoms with E-state index in [1.165, 1.54) is 0 Å². The molecule has 0 N–H and O–H groups in total. The predicted molar refractivity (Wildman–Crippen MR) is 18.6 cm³/mol. The van der Waals surface area contributed by atoms with Crippen molar-refractivity contribution >= 4 is 69.5 Å². The first-order valence-electron chi connectivity index (χ1n) is 0.408. The molecule has 0 unspecified atom stereocenters. The zero-order valence-electron chi connectivity index (χ0n) is 3.32. The molecule has 5 heteroatoms. The summed E-state index contributed by atoms with van der Waals surface area (Å²) in [4.78, 5) is 0. The van der Waals surface area contributed by atoms with Crippen LogP contribution in [0.25, 0.3) is 0 Å². The Morgan fingerprint density at radius 3 is 1.20 bits per heavy atom. The van der Waals surface area contributed by atoms with Gasteiger partial charge in [0.25, 0.3) is 0 Å². The summed E-state index contributed by atoms with van der Waals surface area (Å²) in [6, 6.07) is 0. The first-order chi connectivity index (χ1) is 1.41. The molecule has 0 fully saturated rings. The van der Waals surface area contributed by atoms with Gasteiger partial charge in [-0.15, -0.1) is 0 Å². The summed E-state index contributed by atoms with van der Waals surface area (Å²) in [6.45, 7) is 0. The van der Waals surface area contributed by atoms with E-state index in [1.807, 2.05) is 0 Å². The molecular weight excluding hydrogens is 181 g/mol. The average molecular weight is 181 g/mol. The van der Waals surface area contributed by atoms with Crippen molar-refractivity contribution in [2.45, 2.75) is 0 Å². The van der Waals surface area contributed by atoms with E-state index in [0.29, 0.717) is 0 Å². The third-order valence-corrected chi connectivity index (χ3v) is 0. The molecule has 0 amide bonds. The van der Waals surface area contributed by atoms with Crippen molar-refractivity contribution in [1.29, 1.82) is 0 Å². The third kappa shape index (κ3) is 24.0. The quantitative estimate of drug-likeness (QED) is 0.431. The second-order valence-corrected chi connectivity index (χ2v) is 0.559. The van der Waals surface area contributed by atoms with E-state index in [2.05, 4.69) is 0 Å². The van der Waals surface area contributed by atoms with E-state index in [0.717, 1.165) is 0 Å².